The number of ether oxygens (including phenoxy) is 3. The van der Waals surface area contributed by atoms with Gasteiger partial charge in [-0.15, -0.1) is 0 Å². The number of carbonyl (C=O) groups is 1. The van der Waals surface area contributed by atoms with Crippen molar-refractivity contribution >= 4 is 17.2 Å². The van der Waals surface area contributed by atoms with Crippen molar-refractivity contribution < 1.29 is 19.0 Å². The topological polar surface area (TPSA) is 96.1 Å². The third-order valence-electron chi connectivity index (χ3n) is 5.49. The quantitative estimate of drug-likeness (QED) is 0.636. The molecule has 32 heavy (non-hydrogen) atoms. The molecular weight excluding hydrogens is 412 g/mol. The maximum atomic E-state index is 13.2. The van der Waals surface area contributed by atoms with E-state index in [1.165, 1.54) is 0 Å². The number of nitrogens with zero attached hydrogens (tertiary/aromatic N) is 3. The number of carbonyl (C=O) groups excluding carboxylic acids is 1. The van der Waals surface area contributed by atoms with Crippen LogP contribution in [0, 0.1) is 0 Å². The minimum atomic E-state index is -0.416. The first-order chi connectivity index (χ1) is 15.5. The van der Waals surface area contributed by atoms with Gasteiger partial charge in [0.05, 0.1) is 37.2 Å². The molecule has 0 bridgehead atoms. The third-order valence-corrected chi connectivity index (χ3v) is 5.49. The molecule has 1 saturated heterocycles. The highest BCUT2D eigenvalue weighted by Crippen LogP contribution is 2.33. The zero-order valence-electron chi connectivity index (χ0n) is 18.1. The molecule has 0 radical (unpaired) electrons. The number of amides is 1. The molecular formula is C23H26N4O5. The van der Waals surface area contributed by atoms with Gasteiger partial charge in [-0.2, -0.15) is 0 Å². The van der Waals surface area contributed by atoms with Crippen molar-refractivity contribution in [2.75, 3.05) is 25.1 Å². The van der Waals surface area contributed by atoms with Gasteiger partial charge in [-0.25, -0.2) is 4.98 Å². The Morgan fingerprint density at radius 1 is 1.28 bits per heavy atom. The molecule has 3 aromatic rings. The summed E-state index contributed by atoms with van der Waals surface area (Å²) in [6, 6.07) is 5.36. The number of fused-ring (bicyclic) bond motifs is 1. The Labute approximate surface area is 184 Å². The van der Waals surface area contributed by atoms with Crippen LogP contribution >= 0.6 is 0 Å². The van der Waals surface area contributed by atoms with E-state index in [4.69, 9.17) is 14.2 Å². The Morgan fingerprint density at radius 3 is 2.84 bits per heavy atom. The minimum Gasteiger partial charge on any atom is -0.490 e. The molecule has 1 aliphatic heterocycles. The lowest BCUT2D eigenvalue weighted by atomic mass is 10.2. The minimum absolute atomic E-state index is 0.141. The first-order valence-electron chi connectivity index (χ1n) is 10.9. The lowest BCUT2D eigenvalue weighted by Gasteiger charge is -2.20. The van der Waals surface area contributed by atoms with E-state index >= 15 is 0 Å². The number of hydrogen-bond donors (Lipinski definition) is 1. The van der Waals surface area contributed by atoms with Crippen molar-refractivity contribution in [1.82, 2.24) is 14.0 Å². The normalized spacial score (nSPS) is 18.8. The van der Waals surface area contributed by atoms with Gasteiger partial charge in [-0.3, -0.25) is 9.59 Å². The van der Waals surface area contributed by atoms with Crippen molar-refractivity contribution in [3.05, 3.63) is 58.4 Å². The average Bonchev–Trinajstić information content (AvgIpc) is 3.53. The molecule has 1 atom stereocenters. The van der Waals surface area contributed by atoms with Crippen molar-refractivity contribution in [2.24, 2.45) is 0 Å². The Kier molecular flexibility index (Phi) is 5.44. The lowest BCUT2D eigenvalue weighted by Crippen LogP contribution is -2.25. The monoisotopic (exact) mass is 438 g/mol. The maximum Gasteiger partial charge on any atom is 0.274 e. The van der Waals surface area contributed by atoms with Gasteiger partial charge in [-0.1, -0.05) is 0 Å². The highest BCUT2D eigenvalue weighted by molar-refractivity contribution is 6.06. The van der Waals surface area contributed by atoms with Gasteiger partial charge in [-0.05, 0) is 38.8 Å². The van der Waals surface area contributed by atoms with E-state index in [0.717, 1.165) is 18.5 Å². The molecule has 9 heteroatoms. The molecule has 1 amide bonds. The van der Waals surface area contributed by atoms with E-state index in [0.29, 0.717) is 36.8 Å². The molecule has 4 heterocycles. The number of rotatable bonds is 6. The van der Waals surface area contributed by atoms with Crippen LogP contribution in [0.3, 0.4) is 0 Å². The standard InChI is InChI=1S/C23H26N4O5/c1-14(2)32-19-10-21-24-18(20-13-30-8-9-31-20)12-26(21)11-16(19)22(28)25-17-4-3-7-27(23(17)29)15-5-6-15/h3-4,7,10-12,14-15,20H,5-6,8-9,13H2,1-2H3,(H,25,28)/t20-/m0/s1. The molecule has 3 aromatic heterocycles. The Bertz CT molecular complexity index is 1200. The van der Waals surface area contributed by atoms with E-state index in [2.05, 4.69) is 10.3 Å². The molecule has 0 aromatic carbocycles. The van der Waals surface area contributed by atoms with Crippen molar-refractivity contribution in [3.8, 4) is 5.75 Å². The Hall–Kier alpha value is -3.17. The second kappa shape index (κ2) is 8.40. The summed E-state index contributed by atoms with van der Waals surface area (Å²) in [4.78, 5) is 30.6. The summed E-state index contributed by atoms with van der Waals surface area (Å²) >= 11 is 0. The molecule has 2 aliphatic rings. The van der Waals surface area contributed by atoms with Crippen molar-refractivity contribution in [3.63, 3.8) is 0 Å². The summed E-state index contributed by atoms with van der Waals surface area (Å²) in [7, 11) is 0. The average molecular weight is 438 g/mol. The summed E-state index contributed by atoms with van der Waals surface area (Å²) in [5, 5.41) is 2.77. The van der Waals surface area contributed by atoms with Crippen LogP contribution in [-0.4, -0.2) is 45.8 Å². The molecule has 1 aliphatic carbocycles. The van der Waals surface area contributed by atoms with E-state index in [1.807, 2.05) is 20.0 Å². The highest BCUT2D eigenvalue weighted by atomic mass is 16.6. The molecule has 1 saturated carbocycles. The zero-order chi connectivity index (χ0) is 22.2. The molecule has 0 spiro atoms. The summed E-state index contributed by atoms with van der Waals surface area (Å²) in [6.45, 7) is 5.31. The van der Waals surface area contributed by atoms with Gasteiger partial charge in [0.1, 0.15) is 23.2 Å². The van der Waals surface area contributed by atoms with Crippen LogP contribution in [-0.2, 0) is 9.47 Å². The van der Waals surface area contributed by atoms with E-state index in [1.54, 1.807) is 39.6 Å². The number of imidazole rings is 1. The fraction of sp³-hybridized carbons (Fsp3) is 0.435. The van der Waals surface area contributed by atoms with Gasteiger partial charge >= 0.3 is 0 Å². The third kappa shape index (κ3) is 4.13. The first kappa shape index (κ1) is 20.7. The number of anilines is 1. The Balaban J connectivity index is 1.49. The van der Waals surface area contributed by atoms with Gasteiger partial charge in [0.25, 0.3) is 11.5 Å². The highest BCUT2D eigenvalue weighted by Gasteiger charge is 2.26. The summed E-state index contributed by atoms with van der Waals surface area (Å²) < 4.78 is 20.6. The number of nitrogens with one attached hydrogen (secondary N) is 1. The van der Waals surface area contributed by atoms with Gasteiger partial charge in [0, 0.05) is 30.7 Å². The molecule has 5 rings (SSSR count). The molecule has 1 N–H and O–H groups in total. The van der Waals surface area contributed by atoms with Crippen LogP contribution in [0.25, 0.3) is 5.65 Å². The van der Waals surface area contributed by atoms with E-state index in [9.17, 15) is 9.59 Å². The van der Waals surface area contributed by atoms with Crippen LogP contribution < -0.4 is 15.6 Å². The predicted molar refractivity (Wildman–Crippen MR) is 117 cm³/mol. The fourth-order valence-corrected chi connectivity index (χ4v) is 3.81. The SMILES string of the molecule is CC(C)Oc1cc2nc([C@@H]3COCCO3)cn2cc1C(=O)Nc1cccn(C2CC2)c1=O. The molecule has 168 valence electrons. The predicted octanol–water partition coefficient (Wildman–Crippen LogP) is 2.96. The molecule has 0 unspecified atom stereocenters. The van der Waals surface area contributed by atoms with Gasteiger partial charge in [0.2, 0.25) is 0 Å². The van der Waals surface area contributed by atoms with Crippen LogP contribution in [0.5, 0.6) is 5.75 Å². The maximum absolute atomic E-state index is 13.2. The summed E-state index contributed by atoms with van der Waals surface area (Å²) in [5.41, 5.74) is 1.73. The van der Waals surface area contributed by atoms with Gasteiger partial charge < -0.3 is 28.5 Å². The zero-order valence-corrected chi connectivity index (χ0v) is 18.1. The van der Waals surface area contributed by atoms with Crippen LogP contribution in [0.4, 0.5) is 5.69 Å². The van der Waals surface area contributed by atoms with E-state index in [-0.39, 0.29) is 29.5 Å². The number of hydrogen-bond acceptors (Lipinski definition) is 6. The van der Waals surface area contributed by atoms with E-state index < -0.39 is 5.91 Å². The second-order valence-electron chi connectivity index (χ2n) is 8.40. The van der Waals surface area contributed by atoms with Crippen molar-refractivity contribution in [1.29, 1.82) is 0 Å². The molecule has 9 nitrogen and oxygen atoms in total. The summed E-state index contributed by atoms with van der Waals surface area (Å²) in [6.07, 6.45) is 6.84. The van der Waals surface area contributed by atoms with Crippen molar-refractivity contribution in [2.45, 2.75) is 44.9 Å². The largest absolute Gasteiger partial charge is 0.490 e. The smallest absolute Gasteiger partial charge is 0.274 e. The molecule has 2 fully saturated rings. The van der Waals surface area contributed by atoms with Crippen LogP contribution in [0.15, 0.2) is 41.6 Å². The van der Waals surface area contributed by atoms with Crippen LogP contribution in [0.2, 0.25) is 0 Å². The number of pyridine rings is 2. The summed E-state index contributed by atoms with van der Waals surface area (Å²) in [5.74, 6) is -0.0119. The first-order valence-corrected chi connectivity index (χ1v) is 10.9. The fourth-order valence-electron chi connectivity index (χ4n) is 3.81. The van der Waals surface area contributed by atoms with Crippen LogP contribution in [0.1, 0.15) is 54.9 Å². The second-order valence-corrected chi connectivity index (χ2v) is 8.40. The number of aromatic nitrogens is 3. The van der Waals surface area contributed by atoms with Gasteiger partial charge in [0.15, 0.2) is 0 Å². The lowest BCUT2D eigenvalue weighted by molar-refractivity contribution is -0.0916. The Morgan fingerprint density at radius 2 is 2.12 bits per heavy atom.